The molecule has 0 fully saturated rings. The minimum Gasteiger partial charge on any atom is -0.319 e. The van der Waals surface area contributed by atoms with Crippen LogP contribution < -0.4 is 10.7 Å². The number of aryl methyl sites for hydroxylation is 1. The van der Waals surface area contributed by atoms with Gasteiger partial charge >= 0.3 is 0 Å². The van der Waals surface area contributed by atoms with E-state index in [0.717, 1.165) is 5.69 Å². The van der Waals surface area contributed by atoms with Gasteiger partial charge in [0.25, 0.3) is 5.91 Å². The van der Waals surface area contributed by atoms with Crippen molar-refractivity contribution in [2.75, 3.05) is 11.2 Å². The summed E-state index contributed by atoms with van der Waals surface area (Å²) in [6, 6.07) is 8.40. The SMILES string of the molecule is Cc1nc2c(NC(=O)c3c(Cl)cccc3Cl)cccn2c1CC(=O)NN1C=CSC1. The van der Waals surface area contributed by atoms with E-state index in [1.54, 1.807) is 51.5 Å². The molecule has 3 heterocycles. The maximum Gasteiger partial charge on any atom is 0.258 e. The maximum absolute atomic E-state index is 12.8. The van der Waals surface area contributed by atoms with Crippen LogP contribution in [-0.4, -0.2) is 32.1 Å². The third-order valence-corrected chi connectivity index (χ3v) is 5.91. The van der Waals surface area contributed by atoms with Crippen molar-refractivity contribution in [1.29, 1.82) is 0 Å². The number of carbonyl (C=O) groups excluding carboxylic acids is 2. The van der Waals surface area contributed by atoms with Crippen molar-refractivity contribution in [2.45, 2.75) is 13.3 Å². The molecule has 0 bridgehead atoms. The van der Waals surface area contributed by atoms with Gasteiger partial charge in [0.2, 0.25) is 5.91 Å². The molecule has 0 spiro atoms. The van der Waals surface area contributed by atoms with Crippen LogP contribution in [0.25, 0.3) is 5.65 Å². The summed E-state index contributed by atoms with van der Waals surface area (Å²) in [6.07, 6.45) is 3.77. The number of hydrazine groups is 1. The first-order valence-corrected chi connectivity index (χ1v) is 10.8. The second-order valence-electron chi connectivity index (χ2n) is 6.57. The van der Waals surface area contributed by atoms with Gasteiger partial charge in [-0.1, -0.05) is 29.3 Å². The first-order valence-electron chi connectivity index (χ1n) is 9.00. The van der Waals surface area contributed by atoms with Crippen molar-refractivity contribution in [3.63, 3.8) is 0 Å². The largest absolute Gasteiger partial charge is 0.319 e. The Bertz CT molecular complexity index is 1160. The lowest BCUT2D eigenvalue weighted by atomic mass is 10.2. The number of hydrogen-bond donors (Lipinski definition) is 2. The lowest BCUT2D eigenvalue weighted by Crippen LogP contribution is -2.38. The highest BCUT2D eigenvalue weighted by Gasteiger charge is 2.19. The van der Waals surface area contributed by atoms with E-state index in [4.69, 9.17) is 23.2 Å². The number of thioether (sulfide) groups is 1. The number of benzene rings is 1. The number of pyridine rings is 1. The third-order valence-electron chi connectivity index (χ3n) is 4.53. The second kappa shape index (κ2) is 8.59. The Balaban J connectivity index is 1.60. The van der Waals surface area contributed by atoms with Crippen LogP contribution in [0.15, 0.2) is 48.1 Å². The molecule has 30 heavy (non-hydrogen) atoms. The number of anilines is 1. The van der Waals surface area contributed by atoms with Gasteiger partial charge in [0.15, 0.2) is 5.65 Å². The lowest BCUT2D eigenvalue weighted by Gasteiger charge is -2.16. The van der Waals surface area contributed by atoms with Crippen LogP contribution in [0.3, 0.4) is 0 Å². The number of rotatable bonds is 5. The van der Waals surface area contributed by atoms with Crippen LogP contribution in [0.4, 0.5) is 5.69 Å². The monoisotopic (exact) mass is 461 g/mol. The average Bonchev–Trinajstić information content (AvgIpc) is 3.31. The van der Waals surface area contributed by atoms with Gasteiger partial charge in [0.1, 0.15) is 0 Å². The molecule has 0 saturated heterocycles. The molecular formula is C20H17Cl2N5O2S. The molecule has 3 aromatic rings. The van der Waals surface area contributed by atoms with Crippen LogP contribution in [0.5, 0.6) is 0 Å². The predicted octanol–water partition coefficient (Wildman–Crippen LogP) is 4.25. The number of amides is 2. The van der Waals surface area contributed by atoms with Gasteiger partial charge < -0.3 is 9.72 Å². The third kappa shape index (κ3) is 4.12. The van der Waals surface area contributed by atoms with Crippen molar-refractivity contribution in [1.82, 2.24) is 19.8 Å². The Morgan fingerprint density at radius 1 is 1.20 bits per heavy atom. The van der Waals surface area contributed by atoms with Crippen molar-refractivity contribution in [2.24, 2.45) is 0 Å². The Labute approximate surface area is 187 Å². The van der Waals surface area contributed by atoms with E-state index in [2.05, 4.69) is 15.7 Å². The molecule has 10 heteroatoms. The predicted molar refractivity (Wildman–Crippen MR) is 120 cm³/mol. The Morgan fingerprint density at radius 2 is 1.97 bits per heavy atom. The van der Waals surface area contributed by atoms with Crippen molar-refractivity contribution in [3.05, 3.63) is 75.1 Å². The lowest BCUT2D eigenvalue weighted by molar-refractivity contribution is -0.123. The molecule has 0 unspecified atom stereocenters. The van der Waals surface area contributed by atoms with Gasteiger partial charge in [-0.3, -0.25) is 20.0 Å². The number of nitrogens with zero attached hydrogens (tertiary/aromatic N) is 3. The first kappa shape index (κ1) is 20.6. The summed E-state index contributed by atoms with van der Waals surface area (Å²) in [7, 11) is 0. The number of hydrogen-bond acceptors (Lipinski definition) is 5. The van der Waals surface area contributed by atoms with E-state index in [1.807, 2.05) is 24.7 Å². The molecule has 7 nitrogen and oxygen atoms in total. The molecule has 154 valence electrons. The molecule has 2 aromatic heterocycles. The molecule has 2 amide bonds. The van der Waals surface area contributed by atoms with E-state index in [0.29, 0.717) is 22.9 Å². The molecule has 1 aromatic carbocycles. The number of imidazole rings is 1. The zero-order valence-electron chi connectivity index (χ0n) is 15.9. The quantitative estimate of drug-likeness (QED) is 0.593. The topological polar surface area (TPSA) is 78.7 Å². The maximum atomic E-state index is 12.8. The molecule has 0 atom stereocenters. The number of nitrogens with one attached hydrogen (secondary N) is 2. The van der Waals surface area contributed by atoms with E-state index in [-0.39, 0.29) is 27.9 Å². The fraction of sp³-hybridized carbons (Fsp3) is 0.150. The van der Waals surface area contributed by atoms with Crippen molar-refractivity contribution in [3.8, 4) is 0 Å². The second-order valence-corrected chi connectivity index (χ2v) is 8.25. The Hall–Kier alpha value is -2.68. The van der Waals surface area contributed by atoms with Crippen molar-refractivity contribution < 1.29 is 9.59 Å². The van der Waals surface area contributed by atoms with E-state index >= 15 is 0 Å². The van der Waals surface area contributed by atoms with Crippen LogP contribution in [-0.2, 0) is 11.2 Å². The minimum atomic E-state index is -0.433. The summed E-state index contributed by atoms with van der Waals surface area (Å²) < 4.78 is 1.80. The number of fused-ring (bicyclic) bond motifs is 1. The minimum absolute atomic E-state index is 0.149. The number of carbonyl (C=O) groups is 2. The summed E-state index contributed by atoms with van der Waals surface area (Å²) >= 11 is 13.9. The van der Waals surface area contributed by atoms with Crippen LogP contribution in [0, 0.1) is 6.92 Å². The smallest absolute Gasteiger partial charge is 0.258 e. The first-order chi connectivity index (χ1) is 14.4. The molecular weight excluding hydrogens is 445 g/mol. The molecule has 0 aliphatic carbocycles. The molecule has 1 aliphatic rings. The van der Waals surface area contributed by atoms with Gasteiger partial charge in [0.05, 0.1) is 45.0 Å². The van der Waals surface area contributed by atoms with Crippen molar-refractivity contribution >= 4 is 58.1 Å². The standard InChI is InChI=1S/C20H17Cl2N5O2S/c1-12-16(10-17(28)25-26-8-9-30-11-26)27-7-3-6-15(19(27)23-12)24-20(29)18-13(21)4-2-5-14(18)22/h2-9H,10-11H2,1H3,(H,24,29)(H,25,28). The molecule has 1 aliphatic heterocycles. The van der Waals surface area contributed by atoms with Crippen LogP contribution in [0.1, 0.15) is 21.7 Å². The molecule has 4 rings (SSSR count). The van der Waals surface area contributed by atoms with Crippen LogP contribution in [0.2, 0.25) is 10.0 Å². The summed E-state index contributed by atoms with van der Waals surface area (Å²) in [6.45, 7) is 1.83. The van der Waals surface area contributed by atoms with E-state index in [9.17, 15) is 9.59 Å². The van der Waals surface area contributed by atoms with E-state index < -0.39 is 5.91 Å². The average molecular weight is 462 g/mol. The molecule has 0 radical (unpaired) electrons. The van der Waals surface area contributed by atoms with Gasteiger partial charge in [-0.25, -0.2) is 4.98 Å². The molecule has 0 saturated carbocycles. The highest BCUT2D eigenvalue weighted by molar-refractivity contribution is 8.02. The summed E-state index contributed by atoms with van der Waals surface area (Å²) in [5, 5.41) is 6.99. The summed E-state index contributed by atoms with van der Waals surface area (Å²) in [4.78, 5) is 29.8. The highest BCUT2D eigenvalue weighted by Crippen LogP contribution is 2.27. The fourth-order valence-electron chi connectivity index (χ4n) is 3.14. The zero-order chi connectivity index (χ0) is 21.3. The Kier molecular flexibility index (Phi) is 5.90. The zero-order valence-corrected chi connectivity index (χ0v) is 18.2. The number of halogens is 2. The van der Waals surface area contributed by atoms with Crippen LogP contribution >= 0.6 is 35.0 Å². The molecule has 2 N–H and O–H groups in total. The Morgan fingerprint density at radius 3 is 2.67 bits per heavy atom. The van der Waals surface area contributed by atoms with Gasteiger partial charge in [-0.15, -0.1) is 11.8 Å². The highest BCUT2D eigenvalue weighted by atomic mass is 35.5. The van der Waals surface area contributed by atoms with Gasteiger partial charge in [-0.05, 0) is 36.6 Å². The normalized spacial score (nSPS) is 13.1. The van der Waals surface area contributed by atoms with Gasteiger partial charge in [-0.2, -0.15) is 0 Å². The summed E-state index contributed by atoms with van der Waals surface area (Å²) in [5.74, 6) is 0.0971. The van der Waals surface area contributed by atoms with Gasteiger partial charge in [0, 0.05) is 12.4 Å². The summed E-state index contributed by atoms with van der Waals surface area (Å²) in [5.41, 5.74) is 5.50. The fourth-order valence-corrected chi connectivity index (χ4v) is 4.34. The number of aromatic nitrogens is 2. The van der Waals surface area contributed by atoms with E-state index in [1.165, 1.54) is 0 Å².